The SMILES string of the molecule is c1ccc(-c2nc(-c3ccccc3)nc(-c3cc(-c4ccc(-c5ccccc5)c(-c5ccccc5)c4)cnc3-c3ccc4c(c3)sc3ccc5c(c6ccccc6n5-c5ccccc5)c34)n2)cc1.c1ccc(-c2nc(-c3ccccc3)nc(-c3cc(-c4ccc(-c5ccccc5)c(-c5ccccc5)c4)cnc3-c3cccc4c3sc3ccc5c(c6ccccc6n5-c5ccccc5)c34)n2)cc1. The predicted molar refractivity (Wildman–Crippen MR) is 566 cm³/mol. The highest BCUT2D eigenvalue weighted by atomic mass is 32.1. The highest BCUT2D eigenvalue weighted by molar-refractivity contribution is 7.26. The second kappa shape index (κ2) is 34.6. The van der Waals surface area contributed by atoms with Crippen molar-refractivity contribution >= 4 is 107 Å². The summed E-state index contributed by atoms with van der Waals surface area (Å²) in [4.78, 5) is 42.1. The summed E-state index contributed by atoms with van der Waals surface area (Å²) in [6.45, 7) is 0. The van der Waals surface area contributed by atoms with Gasteiger partial charge in [0.1, 0.15) is 0 Å². The van der Waals surface area contributed by atoms with Crippen LogP contribution in [0.5, 0.6) is 0 Å². The van der Waals surface area contributed by atoms with Crippen molar-refractivity contribution < 1.29 is 0 Å². The van der Waals surface area contributed by atoms with Crippen LogP contribution in [-0.4, -0.2) is 49.0 Å². The van der Waals surface area contributed by atoms with Gasteiger partial charge in [0, 0.05) is 141 Å². The van der Waals surface area contributed by atoms with E-state index in [1.165, 1.54) is 95.9 Å². The molecule has 26 aromatic rings. The van der Waals surface area contributed by atoms with Crippen molar-refractivity contribution in [2.24, 2.45) is 0 Å². The average molecular weight is 1770 g/mol. The van der Waals surface area contributed by atoms with Crippen LogP contribution in [0, 0.1) is 0 Å². The second-order valence-corrected chi connectivity index (χ2v) is 36.1. The molecule has 0 radical (unpaired) electrons. The first kappa shape index (κ1) is 80.4. The third kappa shape index (κ3) is 14.6. The number of aromatic nitrogens is 10. The van der Waals surface area contributed by atoms with E-state index in [-0.39, 0.29) is 0 Å². The van der Waals surface area contributed by atoms with Gasteiger partial charge >= 0.3 is 0 Å². The van der Waals surface area contributed by atoms with E-state index >= 15 is 0 Å². The first-order chi connectivity index (χ1) is 67.4. The molecule has 26 rings (SSSR count). The molecule has 636 valence electrons. The van der Waals surface area contributed by atoms with Crippen molar-refractivity contribution in [2.45, 2.75) is 0 Å². The lowest BCUT2D eigenvalue weighted by molar-refractivity contribution is 1.07. The minimum Gasteiger partial charge on any atom is -0.309 e. The molecule has 8 aromatic heterocycles. The van der Waals surface area contributed by atoms with E-state index in [0.717, 1.165) is 122 Å². The van der Waals surface area contributed by atoms with Crippen LogP contribution in [-0.2, 0) is 0 Å². The summed E-state index contributed by atoms with van der Waals surface area (Å²) in [6, 6.07) is 162. The van der Waals surface area contributed by atoms with Gasteiger partial charge in [-0.05, 0) is 147 Å². The average Bonchev–Trinajstić information content (AvgIpc) is 1.56. The Kier molecular flexibility index (Phi) is 20.4. The molecule has 0 aliphatic carbocycles. The summed E-state index contributed by atoms with van der Waals surface area (Å²) < 4.78 is 9.59. The maximum Gasteiger partial charge on any atom is 0.166 e. The van der Waals surface area contributed by atoms with Gasteiger partial charge in [0.2, 0.25) is 0 Å². The quantitative estimate of drug-likeness (QED) is 0.0940. The molecule has 0 saturated heterocycles. The van der Waals surface area contributed by atoms with E-state index in [0.29, 0.717) is 34.9 Å². The Labute approximate surface area is 792 Å². The lowest BCUT2D eigenvalue weighted by Crippen LogP contribution is -2.02. The molecule has 10 nitrogen and oxygen atoms in total. The number of para-hydroxylation sites is 4. The Balaban J connectivity index is 0.000000145. The van der Waals surface area contributed by atoms with Gasteiger partial charge in [-0.25, -0.2) is 29.9 Å². The van der Waals surface area contributed by atoms with Crippen molar-refractivity contribution in [3.05, 3.63) is 473 Å². The van der Waals surface area contributed by atoms with Gasteiger partial charge < -0.3 is 9.13 Å². The number of pyridine rings is 2. The highest BCUT2D eigenvalue weighted by Gasteiger charge is 2.28. The van der Waals surface area contributed by atoms with Crippen LogP contribution in [0.1, 0.15) is 0 Å². The molecule has 8 heterocycles. The fourth-order valence-corrected chi connectivity index (χ4v) is 21.9. The molecule has 0 aliphatic heterocycles. The number of rotatable bonds is 16. The van der Waals surface area contributed by atoms with Crippen LogP contribution in [0.15, 0.2) is 473 Å². The summed E-state index contributed by atoms with van der Waals surface area (Å²) in [5.41, 5.74) is 29.2. The van der Waals surface area contributed by atoms with E-state index in [9.17, 15) is 0 Å². The first-order valence-electron chi connectivity index (χ1n) is 45.6. The Morgan fingerprint density at radius 3 is 0.926 bits per heavy atom. The molecule has 0 unspecified atom stereocenters. The highest BCUT2D eigenvalue weighted by Crippen LogP contribution is 2.51. The van der Waals surface area contributed by atoms with Gasteiger partial charge in [-0.2, -0.15) is 0 Å². The molecule has 0 fully saturated rings. The number of nitrogens with zero attached hydrogens (tertiary/aromatic N) is 10. The van der Waals surface area contributed by atoms with Gasteiger partial charge in [-0.1, -0.05) is 370 Å². The van der Waals surface area contributed by atoms with E-state index in [2.05, 4.69) is 373 Å². The van der Waals surface area contributed by atoms with Crippen molar-refractivity contribution in [2.75, 3.05) is 0 Å². The molecular weight excluding hydrogens is 1690 g/mol. The topological polar surface area (TPSA) is 113 Å². The monoisotopic (exact) mass is 1770 g/mol. The lowest BCUT2D eigenvalue weighted by Gasteiger charge is -2.16. The van der Waals surface area contributed by atoms with Gasteiger partial charge in [-0.15, -0.1) is 22.7 Å². The maximum atomic E-state index is 5.47. The summed E-state index contributed by atoms with van der Waals surface area (Å²) in [6.07, 6.45) is 4.01. The first-order valence-corrected chi connectivity index (χ1v) is 47.2. The Morgan fingerprint density at radius 1 is 0.169 bits per heavy atom. The lowest BCUT2D eigenvalue weighted by atomic mass is 9.91. The Bertz CT molecular complexity index is 8940. The van der Waals surface area contributed by atoms with Crippen LogP contribution in [0.4, 0.5) is 0 Å². The number of fused-ring (bicyclic) bond motifs is 14. The second-order valence-electron chi connectivity index (χ2n) is 33.9. The molecule has 0 aliphatic rings. The molecule has 0 atom stereocenters. The van der Waals surface area contributed by atoms with Crippen LogP contribution in [0.25, 0.3) is 253 Å². The molecule has 0 bridgehead atoms. The fraction of sp³-hybridized carbons (Fsp3) is 0. The van der Waals surface area contributed by atoms with Gasteiger partial charge in [0.05, 0.1) is 33.5 Å². The minimum absolute atomic E-state index is 0.553. The molecule has 136 heavy (non-hydrogen) atoms. The third-order valence-corrected chi connectivity index (χ3v) is 28.1. The smallest absolute Gasteiger partial charge is 0.166 e. The van der Waals surface area contributed by atoms with Crippen molar-refractivity contribution in [3.63, 3.8) is 0 Å². The van der Waals surface area contributed by atoms with Crippen LogP contribution >= 0.6 is 22.7 Å². The summed E-state index contributed by atoms with van der Waals surface area (Å²) in [5, 5.41) is 9.92. The summed E-state index contributed by atoms with van der Waals surface area (Å²) >= 11 is 3.63. The molecule has 12 heteroatoms. The number of benzene rings is 18. The zero-order valence-corrected chi connectivity index (χ0v) is 75.0. The van der Waals surface area contributed by atoms with E-state index in [1.807, 2.05) is 132 Å². The normalized spacial score (nSPS) is 11.5. The van der Waals surface area contributed by atoms with E-state index in [1.54, 1.807) is 0 Å². The largest absolute Gasteiger partial charge is 0.309 e. The predicted octanol–water partition coefficient (Wildman–Crippen LogP) is 32.8. The van der Waals surface area contributed by atoms with Crippen LogP contribution < -0.4 is 0 Å². The van der Waals surface area contributed by atoms with Gasteiger partial charge in [-0.3, -0.25) is 9.97 Å². The van der Waals surface area contributed by atoms with Gasteiger partial charge in [0.15, 0.2) is 34.9 Å². The molecule has 0 spiro atoms. The van der Waals surface area contributed by atoms with Gasteiger partial charge in [0.25, 0.3) is 0 Å². The van der Waals surface area contributed by atoms with Crippen LogP contribution in [0.2, 0.25) is 0 Å². The zero-order chi connectivity index (χ0) is 89.9. The van der Waals surface area contributed by atoms with Crippen LogP contribution in [0.3, 0.4) is 0 Å². The maximum absolute atomic E-state index is 5.47. The summed E-state index contributed by atoms with van der Waals surface area (Å²) in [7, 11) is 0. The molecular formula is C124H78N10S2. The van der Waals surface area contributed by atoms with Crippen molar-refractivity contribution in [3.8, 4) is 169 Å². The minimum atomic E-state index is 0.553. The Hall–Kier alpha value is -17.7. The van der Waals surface area contributed by atoms with E-state index in [4.69, 9.17) is 39.9 Å². The summed E-state index contributed by atoms with van der Waals surface area (Å²) in [5.74, 6) is 3.50. The third-order valence-electron chi connectivity index (χ3n) is 25.8. The number of hydrogen-bond donors (Lipinski definition) is 0. The zero-order valence-electron chi connectivity index (χ0n) is 73.3. The van der Waals surface area contributed by atoms with Crippen molar-refractivity contribution in [1.82, 2.24) is 49.0 Å². The standard InChI is InChI=1S/2C62H39N5S/c1-6-19-40(20-7-1)47-34-33-44(37-51(47)41-21-8-2-9-22-41)45-38-52(62-65-60(42-23-10-3-11-24-42)64-61(66-62)43-25-12-4-13-26-43)58(63-39-45)50-31-18-30-49-57-55(68-59(49)50)36-35-54-56(57)48-29-16-17-32-53(48)67(54)46-27-14-5-15-28-46;1-6-18-40(19-7-1)48-32-30-44(36-51(48)41-20-8-2-9-21-41)46-37-52(62-65-60(42-22-10-3-11-23-42)64-61(66-62)43-24-12-4-13-25-43)59(63-39-46)45-31-33-50-56(38-45)68-55-35-34-54-57(58(50)55)49-28-16-17-29-53(49)67(54)47-26-14-5-15-27-47/h2*1-39H. The molecule has 18 aromatic carbocycles. The molecule has 0 N–H and O–H groups in total. The number of thiophene rings is 2. The molecule has 0 saturated carbocycles. The van der Waals surface area contributed by atoms with Crippen molar-refractivity contribution in [1.29, 1.82) is 0 Å². The number of hydrogen-bond acceptors (Lipinski definition) is 10. The fourth-order valence-electron chi connectivity index (χ4n) is 19.5. The Morgan fingerprint density at radius 2 is 0.500 bits per heavy atom. The van der Waals surface area contributed by atoms with E-state index < -0.39 is 0 Å². The molecule has 0 amide bonds.